The largest absolute Gasteiger partial charge is 0.346 e. The van der Waals surface area contributed by atoms with E-state index >= 15 is 0 Å². The van der Waals surface area contributed by atoms with Crippen molar-refractivity contribution in [2.45, 2.75) is 38.3 Å². The van der Waals surface area contributed by atoms with E-state index in [0.717, 1.165) is 18.4 Å². The average Bonchev–Trinajstić information content (AvgIpc) is 2.27. The van der Waals surface area contributed by atoms with Crippen molar-refractivity contribution < 1.29 is 4.79 Å². The maximum absolute atomic E-state index is 11.8. The van der Waals surface area contributed by atoms with Crippen LogP contribution in [0.4, 0.5) is 0 Å². The second kappa shape index (κ2) is 4.22. The van der Waals surface area contributed by atoms with Crippen LogP contribution >= 0.6 is 0 Å². The molecule has 16 heavy (non-hydrogen) atoms. The van der Waals surface area contributed by atoms with Gasteiger partial charge in [0.2, 0.25) is 0 Å². The van der Waals surface area contributed by atoms with Crippen molar-refractivity contribution in [3.63, 3.8) is 0 Å². The highest BCUT2D eigenvalue weighted by atomic mass is 16.2. The molecule has 0 unspecified atom stereocenters. The van der Waals surface area contributed by atoms with E-state index in [1.165, 1.54) is 6.42 Å². The highest BCUT2D eigenvalue weighted by Crippen LogP contribution is 2.31. The van der Waals surface area contributed by atoms with E-state index < -0.39 is 0 Å². The molecule has 0 atom stereocenters. The normalized spacial score (nSPS) is 17.6. The van der Waals surface area contributed by atoms with Crippen molar-refractivity contribution in [3.8, 4) is 0 Å². The summed E-state index contributed by atoms with van der Waals surface area (Å²) in [5.41, 5.74) is 6.85. The van der Waals surface area contributed by atoms with Crippen LogP contribution in [0.25, 0.3) is 0 Å². The van der Waals surface area contributed by atoms with Gasteiger partial charge in [-0.1, -0.05) is 6.07 Å². The van der Waals surface area contributed by atoms with Crippen molar-refractivity contribution >= 4 is 5.91 Å². The molecule has 1 fully saturated rings. The third kappa shape index (κ3) is 2.22. The van der Waals surface area contributed by atoms with Crippen molar-refractivity contribution in [3.05, 3.63) is 29.6 Å². The van der Waals surface area contributed by atoms with Crippen molar-refractivity contribution in [1.29, 1.82) is 0 Å². The quantitative estimate of drug-likeness (QED) is 0.803. The Hall–Kier alpha value is -1.42. The maximum Gasteiger partial charge on any atom is 0.270 e. The van der Waals surface area contributed by atoms with Crippen LogP contribution in [0.5, 0.6) is 0 Å². The van der Waals surface area contributed by atoms with Gasteiger partial charge in [0.1, 0.15) is 5.69 Å². The predicted molar refractivity (Wildman–Crippen MR) is 61.9 cm³/mol. The SMILES string of the molecule is CC1(NC(=O)c2ccc(CN)cn2)CCC1. The van der Waals surface area contributed by atoms with Crippen LogP contribution in [-0.4, -0.2) is 16.4 Å². The summed E-state index contributed by atoms with van der Waals surface area (Å²) in [5, 5.41) is 3.01. The summed E-state index contributed by atoms with van der Waals surface area (Å²) in [5.74, 6) is -0.0919. The molecule has 0 saturated heterocycles. The third-order valence-electron chi connectivity index (χ3n) is 3.17. The molecule has 0 aliphatic heterocycles. The predicted octanol–water partition coefficient (Wildman–Crippen LogP) is 1.21. The van der Waals surface area contributed by atoms with Gasteiger partial charge in [-0.2, -0.15) is 0 Å². The van der Waals surface area contributed by atoms with E-state index in [-0.39, 0.29) is 11.4 Å². The number of aromatic nitrogens is 1. The molecule has 86 valence electrons. The van der Waals surface area contributed by atoms with Gasteiger partial charge in [0.25, 0.3) is 5.91 Å². The molecule has 2 rings (SSSR count). The lowest BCUT2D eigenvalue weighted by Crippen LogP contribution is -2.51. The summed E-state index contributed by atoms with van der Waals surface area (Å²) in [4.78, 5) is 15.9. The summed E-state index contributed by atoms with van der Waals surface area (Å²) in [6, 6.07) is 3.56. The van der Waals surface area contributed by atoms with Crippen LogP contribution in [0.3, 0.4) is 0 Å². The van der Waals surface area contributed by atoms with Gasteiger partial charge in [-0.15, -0.1) is 0 Å². The fraction of sp³-hybridized carbons (Fsp3) is 0.500. The number of hydrogen-bond donors (Lipinski definition) is 2. The molecule has 1 heterocycles. The number of nitrogens with zero attached hydrogens (tertiary/aromatic N) is 1. The number of amides is 1. The highest BCUT2D eigenvalue weighted by Gasteiger charge is 2.33. The van der Waals surface area contributed by atoms with E-state index in [0.29, 0.717) is 12.2 Å². The molecule has 0 radical (unpaired) electrons. The molecule has 1 saturated carbocycles. The summed E-state index contributed by atoms with van der Waals surface area (Å²) in [6.45, 7) is 2.52. The first kappa shape index (κ1) is 11.1. The van der Waals surface area contributed by atoms with Crippen LogP contribution in [-0.2, 0) is 6.54 Å². The van der Waals surface area contributed by atoms with Crippen molar-refractivity contribution in [2.24, 2.45) is 5.73 Å². The van der Waals surface area contributed by atoms with Gasteiger partial charge in [-0.05, 0) is 37.8 Å². The van der Waals surface area contributed by atoms with Crippen LogP contribution < -0.4 is 11.1 Å². The van der Waals surface area contributed by atoms with Gasteiger partial charge in [0, 0.05) is 18.3 Å². The maximum atomic E-state index is 11.8. The molecule has 1 amide bonds. The molecule has 1 aromatic rings. The summed E-state index contributed by atoms with van der Waals surface area (Å²) >= 11 is 0. The third-order valence-corrected chi connectivity index (χ3v) is 3.17. The first-order valence-corrected chi connectivity index (χ1v) is 5.60. The van der Waals surface area contributed by atoms with Crippen LogP contribution in [0.2, 0.25) is 0 Å². The molecule has 4 nitrogen and oxygen atoms in total. The lowest BCUT2D eigenvalue weighted by Gasteiger charge is -2.38. The van der Waals surface area contributed by atoms with E-state index in [9.17, 15) is 4.79 Å². The Morgan fingerprint density at radius 3 is 2.75 bits per heavy atom. The van der Waals surface area contributed by atoms with Crippen LogP contribution in [0, 0.1) is 0 Å². The molecular formula is C12H17N3O. The van der Waals surface area contributed by atoms with Gasteiger partial charge in [0.05, 0.1) is 0 Å². The number of pyridine rings is 1. The first-order valence-electron chi connectivity index (χ1n) is 5.60. The zero-order valence-electron chi connectivity index (χ0n) is 9.49. The van der Waals surface area contributed by atoms with Crippen molar-refractivity contribution in [1.82, 2.24) is 10.3 Å². The minimum Gasteiger partial charge on any atom is -0.346 e. The monoisotopic (exact) mass is 219 g/mol. The Kier molecular flexibility index (Phi) is 2.92. The zero-order chi connectivity index (χ0) is 11.6. The molecule has 0 spiro atoms. The van der Waals surface area contributed by atoms with Crippen molar-refractivity contribution in [2.75, 3.05) is 0 Å². The molecule has 1 aliphatic carbocycles. The van der Waals surface area contributed by atoms with Gasteiger partial charge in [-0.25, -0.2) is 0 Å². The number of rotatable bonds is 3. The lowest BCUT2D eigenvalue weighted by atomic mass is 9.78. The molecule has 0 bridgehead atoms. The molecule has 4 heteroatoms. The smallest absolute Gasteiger partial charge is 0.270 e. The minimum atomic E-state index is -0.0919. The summed E-state index contributed by atoms with van der Waals surface area (Å²) < 4.78 is 0. The van der Waals surface area contributed by atoms with E-state index in [1.807, 2.05) is 6.07 Å². The summed E-state index contributed by atoms with van der Waals surface area (Å²) in [6.07, 6.45) is 4.95. The van der Waals surface area contributed by atoms with Gasteiger partial charge in [-0.3, -0.25) is 9.78 Å². The number of carbonyl (C=O) groups excluding carboxylic acids is 1. The lowest BCUT2D eigenvalue weighted by molar-refractivity contribution is 0.0845. The molecule has 1 aliphatic rings. The topological polar surface area (TPSA) is 68.0 Å². The fourth-order valence-corrected chi connectivity index (χ4v) is 1.85. The summed E-state index contributed by atoms with van der Waals surface area (Å²) in [7, 11) is 0. The standard InChI is InChI=1S/C12H17N3O/c1-12(5-2-6-12)15-11(16)10-4-3-9(7-13)8-14-10/h3-4,8H,2,5-7,13H2,1H3,(H,15,16). The minimum absolute atomic E-state index is 0.0225. The highest BCUT2D eigenvalue weighted by molar-refractivity contribution is 5.92. The zero-order valence-corrected chi connectivity index (χ0v) is 9.49. The van der Waals surface area contributed by atoms with Gasteiger partial charge < -0.3 is 11.1 Å². The number of nitrogens with one attached hydrogen (secondary N) is 1. The van der Waals surface area contributed by atoms with Crippen LogP contribution in [0.15, 0.2) is 18.3 Å². The number of hydrogen-bond acceptors (Lipinski definition) is 3. The van der Waals surface area contributed by atoms with E-state index in [1.54, 1.807) is 12.3 Å². The van der Waals surface area contributed by atoms with Gasteiger partial charge in [0.15, 0.2) is 0 Å². The Morgan fingerprint density at radius 1 is 1.56 bits per heavy atom. The Bertz CT molecular complexity index is 382. The second-order valence-corrected chi connectivity index (χ2v) is 4.62. The molecule has 3 N–H and O–H groups in total. The molecule has 1 aromatic heterocycles. The second-order valence-electron chi connectivity index (χ2n) is 4.62. The Labute approximate surface area is 95.3 Å². The van der Waals surface area contributed by atoms with E-state index in [2.05, 4.69) is 17.2 Å². The Morgan fingerprint density at radius 2 is 2.31 bits per heavy atom. The number of carbonyl (C=O) groups is 1. The fourth-order valence-electron chi connectivity index (χ4n) is 1.85. The molecular weight excluding hydrogens is 202 g/mol. The van der Waals surface area contributed by atoms with Gasteiger partial charge >= 0.3 is 0 Å². The first-order chi connectivity index (χ1) is 7.63. The molecule has 0 aromatic carbocycles. The Balaban J connectivity index is 2.03. The average molecular weight is 219 g/mol. The number of nitrogens with two attached hydrogens (primary N) is 1. The van der Waals surface area contributed by atoms with Crippen LogP contribution in [0.1, 0.15) is 42.2 Å². The van der Waals surface area contributed by atoms with E-state index in [4.69, 9.17) is 5.73 Å².